The number of carbonyl (C=O) groups excluding carboxylic acids is 1. The maximum absolute atomic E-state index is 13.7. The van der Waals surface area contributed by atoms with Crippen molar-refractivity contribution in [1.29, 1.82) is 0 Å². The number of aryl methyl sites for hydroxylation is 1. The Labute approximate surface area is 115 Å². The van der Waals surface area contributed by atoms with Crippen molar-refractivity contribution in [1.82, 2.24) is 20.1 Å². The van der Waals surface area contributed by atoms with Crippen LogP contribution in [0, 0.1) is 5.82 Å². The summed E-state index contributed by atoms with van der Waals surface area (Å²) < 4.78 is 20.0. The van der Waals surface area contributed by atoms with Crippen LogP contribution in [0.25, 0.3) is 0 Å². The monoisotopic (exact) mass is 278 g/mol. The summed E-state index contributed by atoms with van der Waals surface area (Å²) in [5.41, 5.74) is 0.668. The summed E-state index contributed by atoms with van der Waals surface area (Å²) in [7, 11) is 3.07. The Bertz CT molecular complexity index is 612. The maximum atomic E-state index is 13.7. The largest absolute Gasteiger partial charge is 0.465 e. The topological polar surface area (TPSA) is 69.0 Å². The van der Waals surface area contributed by atoms with Gasteiger partial charge in [0.05, 0.1) is 19.2 Å². The molecule has 0 aliphatic rings. The molecule has 0 atom stereocenters. The van der Waals surface area contributed by atoms with Crippen LogP contribution < -0.4 is 5.32 Å². The van der Waals surface area contributed by atoms with Gasteiger partial charge in [0.1, 0.15) is 18.0 Å². The van der Waals surface area contributed by atoms with Gasteiger partial charge in [-0.25, -0.2) is 9.18 Å². The molecule has 0 amide bonds. The van der Waals surface area contributed by atoms with Gasteiger partial charge in [-0.3, -0.25) is 0 Å². The van der Waals surface area contributed by atoms with E-state index in [1.807, 2.05) is 7.05 Å². The predicted octanol–water partition coefficient (Wildman–Crippen LogP) is 1.03. The van der Waals surface area contributed by atoms with Gasteiger partial charge in [-0.05, 0) is 17.7 Å². The Morgan fingerprint density at radius 1 is 1.45 bits per heavy atom. The predicted molar refractivity (Wildman–Crippen MR) is 69.3 cm³/mol. The lowest BCUT2D eigenvalue weighted by Gasteiger charge is -2.06. The fraction of sp³-hybridized carbons (Fsp3) is 0.308. The molecule has 1 N–H and O–H groups in total. The Kier molecular flexibility index (Phi) is 4.41. The number of hydrogen-bond acceptors (Lipinski definition) is 5. The zero-order chi connectivity index (χ0) is 14.5. The molecule has 0 fully saturated rings. The molecule has 106 valence electrons. The first-order chi connectivity index (χ1) is 9.61. The van der Waals surface area contributed by atoms with E-state index >= 15 is 0 Å². The molecule has 6 nitrogen and oxygen atoms in total. The molecule has 20 heavy (non-hydrogen) atoms. The molecule has 0 spiro atoms. The van der Waals surface area contributed by atoms with Crippen LogP contribution in [0.4, 0.5) is 4.39 Å². The lowest BCUT2D eigenvalue weighted by molar-refractivity contribution is 0.0595. The Morgan fingerprint density at radius 2 is 2.25 bits per heavy atom. The minimum Gasteiger partial charge on any atom is -0.465 e. The zero-order valence-corrected chi connectivity index (χ0v) is 11.3. The second kappa shape index (κ2) is 6.25. The maximum Gasteiger partial charge on any atom is 0.340 e. The highest BCUT2D eigenvalue weighted by molar-refractivity contribution is 5.89. The fourth-order valence-corrected chi connectivity index (χ4v) is 1.73. The summed E-state index contributed by atoms with van der Waals surface area (Å²) in [5, 5.41) is 10.8. The molecular weight excluding hydrogens is 263 g/mol. The molecule has 0 aliphatic heterocycles. The van der Waals surface area contributed by atoms with Crippen molar-refractivity contribution in [3.05, 3.63) is 47.3 Å². The second-order valence-electron chi connectivity index (χ2n) is 4.27. The molecule has 0 saturated carbocycles. The summed E-state index contributed by atoms with van der Waals surface area (Å²) in [6, 6.07) is 4.41. The molecule has 2 aromatic rings. The normalized spacial score (nSPS) is 10.6. The first-order valence-corrected chi connectivity index (χ1v) is 6.02. The van der Waals surface area contributed by atoms with Crippen molar-refractivity contribution in [3.63, 3.8) is 0 Å². The molecule has 1 heterocycles. The number of benzene rings is 1. The second-order valence-corrected chi connectivity index (χ2v) is 4.27. The molecule has 0 radical (unpaired) electrons. The van der Waals surface area contributed by atoms with Crippen molar-refractivity contribution >= 4 is 5.97 Å². The molecule has 7 heteroatoms. The van der Waals surface area contributed by atoms with E-state index in [0.29, 0.717) is 13.1 Å². The van der Waals surface area contributed by atoms with Crippen LogP contribution in [0.15, 0.2) is 24.5 Å². The third kappa shape index (κ3) is 3.18. The highest BCUT2D eigenvalue weighted by Gasteiger charge is 2.12. The van der Waals surface area contributed by atoms with Gasteiger partial charge in [0.25, 0.3) is 0 Å². The number of methoxy groups -OCH3 is 1. The van der Waals surface area contributed by atoms with Crippen molar-refractivity contribution in [2.45, 2.75) is 13.1 Å². The summed E-state index contributed by atoms with van der Waals surface area (Å²) in [4.78, 5) is 11.3. The van der Waals surface area contributed by atoms with Crippen LogP contribution in [-0.2, 0) is 24.9 Å². The third-order valence-corrected chi connectivity index (χ3v) is 2.86. The van der Waals surface area contributed by atoms with Crippen molar-refractivity contribution in [3.8, 4) is 0 Å². The van der Waals surface area contributed by atoms with E-state index < -0.39 is 11.8 Å². The fourth-order valence-electron chi connectivity index (χ4n) is 1.73. The number of carbonyl (C=O) groups is 1. The number of nitrogens with one attached hydrogen (secondary N) is 1. The minimum atomic E-state index is -0.680. The van der Waals surface area contributed by atoms with Crippen LogP contribution in [0.3, 0.4) is 0 Å². The Morgan fingerprint density at radius 3 is 2.85 bits per heavy atom. The van der Waals surface area contributed by atoms with E-state index in [9.17, 15) is 9.18 Å². The van der Waals surface area contributed by atoms with E-state index in [1.54, 1.807) is 17.0 Å². The quantitative estimate of drug-likeness (QED) is 0.827. The lowest BCUT2D eigenvalue weighted by atomic mass is 10.1. The van der Waals surface area contributed by atoms with Gasteiger partial charge < -0.3 is 14.6 Å². The summed E-state index contributed by atoms with van der Waals surface area (Å²) in [6.07, 6.45) is 1.61. The van der Waals surface area contributed by atoms with Crippen LogP contribution in [-0.4, -0.2) is 27.8 Å². The number of ether oxygens (including phenoxy) is 1. The molecule has 2 rings (SSSR count). The average molecular weight is 278 g/mol. The molecule has 0 unspecified atom stereocenters. The van der Waals surface area contributed by atoms with Crippen LogP contribution in [0.5, 0.6) is 0 Å². The highest BCUT2D eigenvalue weighted by Crippen LogP contribution is 2.11. The minimum absolute atomic E-state index is 0.0652. The van der Waals surface area contributed by atoms with Crippen molar-refractivity contribution in [2.24, 2.45) is 7.05 Å². The van der Waals surface area contributed by atoms with Gasteiger partial charge >= 0.3 is 5.97 Å². The standard InChI is InChI=1S/C13H15FN4O2/c1-18-8-16-17-12(18)7-15-6-9-3-4-10(11(14)5-9)13(19)20-2/h3-5,8,15H,6-7H2,1-2H3. The zero-order valence-electron chi connectivity index (χ0n) is 11.3. The van der Waals surface area contributed by atoms with Gasteiger partial charge in [0, 0.05) is 13.6 Å². The number of hydrogen-bond donors (Lipinski definition) is 1. The van der Waals surface area contributed by atoms with Crippen molar-refractivity contribution < 1.29 is 13.9 Å². The van der Waals surface area contributed by atoms with Gasteiger partial charge in [0.2, 0.25) is 0 Å². The van der Waals surface area contributed by atoms with Gasteiger partial charge in [0.15, 0.2) is 0 Å². The Hall–Kier alpha value is -2.28. The van der Waals surface area contributed by atoms with Gasteiger partial charge in [-0.2, -0.15) is 0 Å². The lowest BCUT2D eigenvalue weighted by Crippen LogP contribution is -2.16. The van der Waals surface area contributed by atoms with Crippen LogP contribution in [0.1, 0.15) is 21.7 Å². The van der Waals surface area contributed by atoms with E-state index in [-0.39, 0.29) is 5.56 Å². The first-order valence-electron chi connectivity index (χ1n) is 6.02. The molecule has 0 saturated heterocycles. The molecule has 0 aliphatic carbocycles. The smallest absolute Gasteiger partial charge is 0.340 e. The molecule has 1 aromatic carbocycles. The number of rotatable bonds is 5. The molecule has 1 aromatic heterocycles. The number of esters is 1. The first kappa shape index (κ1) is 14.1. The molecule has 0 bridgehead atoms. The number of halogens is 1. The van der Waals surface area contributed by atoms with E-state index in [0.717, 1.165) is 11.4 Å². The van der Waals surface area contributed by atoms with Crippen LogP contribution in [0.2, 0.25) is 0 Å². The number of aromatic nitrogens is 3. The third-order valence-electron chi connectivity index (χ3n) is 2.86. The SMILES string of the molecule is COC(=O)c1ccc(CNCc2nncn2C)cc1F. The van der Waals surface area contributed by atoms with E-state index in [2.05, 4.69) is 20.3 Å². The summed E-state index contributed by atoms with van der Waals surface area (Å²) in [5.74, 6) is -0.479. The average Bonchev–Trinajstić information content (AvgIpc) is 2.84. The molecular formula is C13H15FN4O2. The van der Waals surface area contributed by atoms with Crippen LogP contribution >= 0.6 is 0 Å². The highest BCUT2D eigenvalue weighted by atomic mass is 19.1. The summed E-state index contributed by atoms with van der Waals surface area (Å²) in [6.45, 7) is 0.988. The Balaban J connectivity index is 1.95. The van der Waals surface area contributed by atoms with Crippen molar-refractivity contribution in [2.75, 3.05) is 7.11 Å². The number of nitrogens with zero attached hydrogens (tertiary/aromatic N) is 3. The summed E-state index contributed by atoms with van der Waals surface area (Å²) >= 11 is 0. The van der Waals surface area contributed by atoms with Gasteiger partial charge in [-0.1, -0.05) is 6.07 Å². The van der Waals surface area contributed by atoms with Gasteiger partial charge in [-0.15, -0.1) is 10.2 Å². The van der Waals surface area contributed by atoms with E-state index in [1.165, 1.54) is 19.2 Å². The van der Waals surface area contributed by atoms with E-state index in [4.69, 9.17) is 0 Å².